The van der Waals surface area contributed by atoms with Crippen LogP contribution >= 0.6 is 11.6 Å². The standard InChI is InChI=1S/C25H28ClN5O4/c26-20-4-3-17(12-27)18(10-20)13-29-24(34)21-2-1-9-31(21)25(35)22-11-19(14-30(22)15-32)23(33)16-5-7-28-8-6-16/h3-8,10-11,14,21,23,32-33H,1-2,9,12-13,15,27H2,(H,29,34)/t21-,23?/m0/s1. The average molecular weight is 498 g/mol. The van der Waals surface area contributed by atoms with Gasteiger partial charge in [0.05, 0.1) is 0 Å². The zero-order valence-electron chi connectivity index (χ0n) is 19.1. The third-order valence-corrected chi connectivity index (χ3v) is 6.52. The molecular weight excluding hydrogens is 470 g/mol. The normalized spacial score (nSPS) is 16.3. The molecule has 1 saturated heterocycles. The van der Waals surface area contributed by atoms with Crippen LogP contribution in [-0.4, -0.2) is 49.1 Å². The SMILES string of the molecule is NCc1ccc(Cl)cc1CNC(=O)[C@@H]1CCCN1C(=O)c1cc(C(O)c2ccncc2)cn1CO. The number of aliphatic hydroxyl groups is 2. The maximum absolute atomic E-state index is 13.4. The zero-order valence-corrected chi connectivity index (χ0v) is 19.9. The first-order chi connectivity index (χ1) is 16.9. The lowest BCUT2D eigenvalue weighted by Crippen LogP contribution is -2.46. The zero-order chi connectivity index (χ0) is 24.9. The van der Waals surface area contributed by atoms with Gasteiger partial charge in [0.2, 0.25) is 5.91 Å². The van der Waals surface area contributed by atoms with Crippen LogP contribution in [0.5, 0.6) is 0 Å². The van der Waals surface area contributed by atoms with Gasteiger partial charge in [0, 0.05) is 48.8 Å². The quantitative estimate of drug-likeness (QED) is 0.376. The molecule has 4 rings (SSSR count). The summed E-state index contributed by atoms with van der Waals surface area (Å²) in [6.07, 6.45) is 4.91. The Bertz CT molecular complexity index is 1200. The molecule has 5 N–H and O–H groups in total. The maximum Gasteiger partial charge on any atom is 0.271 e. The first-order valence-electron chi connectivity index (χ1n) is 11.4. The molecule has 35 heavy (non-hydrogen) atoms. The van der Waals surface area contributed by atoms with E-state index in [2.05, 4.69) is 10.3 Å². The Balaban J connectivity index is 1.50. The number of benzene rings is 1. The van der Waals surface area contributed by atoms with Crippen molar-refractivity contribution >= 4 is 23.4 Å². The fourth-order valence-corrected chi connectivity index (χ4v) is 4.60. The second-order valence-electron chi connectivity index (χ2n) is 8.44. The van der Waals surface area contributed by atoms with E-state index in [4.69, 9.17) is 17.3 Å². The second kappa shape index (κ2) is 11.0. The van der Waals surface area contributed by atoms with E-state index in [0.717, 1.165) is 11.1 Å². The predicted octanol–water partition coefficient (Wildman–Crippen LogP) is 1.95. The Morgan fingerprint density at radius 3 is 2.66 bits per heavy atom. The number of likely N-dealkylation sites (tertiary alicyclic amines) is 1. The van der Waals surface area contributed by atoms with E-state index in [0.29, 0.717) is 42.1 Å². The first kappa shape index (κ1) is 24.9. The molecule has 1 aliphatic heterocycles. The molecule has 10 heteroatoms. The Morgan fingerprint density at radius 1 is 1.17 bits per heavy atom. The highest BCUT2D eigenvalue weighted by atomic mass is 35.5. The van der Waals surface area contributed by atoms with Crippen molar-refractivity contribution in [2.45, 2.75) is 44.8 Å². The molecule has 3 aromatic rings. The van der Waals surface area contributed by atoms with Crippen molar-refractivity contribution in [1.82, 2.24) is 19.8 Å². The van der Waals surface area contributed by atoms with Crippen LogP contribution in [-0.2, 0) is 24.6 Å². The number of nitrogens with two attached hydrogens (primary N) is 1. The number of halogens is 1. The molecule has 0 radical (unpaired) electrons. The van der Waals surface area contributed by atoms with Gasteiger partial charge in [-0.1, -0.05) is 17.7 Å². The topological polar surface area (TPSA) is 134 Å². The lowest BCUT2D eigenvalue weighted by molar-refractivity contribution is -0.125. The number of nitrogens with one attached hydrogen (secondary N) is 1. The first-order valence-corrected chi connectivity index (χ1v) is 11.8. The molecule has 2 amide bonds. The van der Waals surface area contributed by atoms with Crippen molar-refractivity contribution in [1.29, 1.82) is 0 Å². The maximum atomic E-state index is 13.4. The van der Waals surface area contributed by atoms with Crippen LogP contribution in [0.4, 0.5) is 0 Å². The minimum absolute atomic E-state index is 0.204. The summed E-state index contributed by atoms with van der Waals surface area (Å²) in [5.74, 6) is -0.645. The summed E-state index contributed by atoms with van der Waals surface area (Å²) < 4.78 is 1.37. The van der Waals surface area contributed by atoms with Crippen molar-refractivity contribution in [2.75, 3.05) is 6.54 Å². The predicted molar refractivity (Wildman–Crippen MR) is 130 cm³/mol. The van der Waals surface area contributed by atoms with Gasteiger partial charge in [0.1, 0.15) is 24.6 Å². The van der Waals surface area contributed by atoms with Gasteiger partial charge in [-0.15, -0.1) is 0 Å². The molecule has 2 aromatic heterocycles. The van der Waals surface area contributed by atoms with E-state index in [1.807, 2.05) is 6.07 Å². The summed E-state index contributed by atoms with van der Waals surface area (Å²) in [4.78, 5) is 31.9. The molecule has 184 valence electrons. The van der Waals surface area contributed by atoms with Crippen LogP contribution in [0.3, 0.4) is 0 Å². The Hall–Kier alpha value is -3.24. The molecule has 0 spiro atoms. The second-order valence-corrected chi connectivity index (χ2v) is 8.88. The van der Waals surface area contributed by atoms with E-state index >= 15 is 0 Å². The van der Waals surface area contributed by atoms with Crippen LogP contribution in [0.15, 0.2) is 55.0 Å². The van der Waals surface area contributed by atoms with Crippen LogP contribution in [0.25, 0.3) is 0 Å². The molecule has 3 heterocycles. The molecule has 1 aliphatic rings. The van der Waals surface area contributed by atoms with Gasteiger partial charge in [0.15, 0.2) is 0 Å². The molecule has 2 atom stereocenters. The summed E-state index contributed by atoms with van der Waals surface area (Å²) in [5, 5.41) is 24.0. The molecule has 9 nitrogen and oxygen atoms in total. The highest BCUT2D eigenvalue weighted by molar-refractivity contribution is 6.30. The summed E-state index contributed by atoms with van der Waals surface area (Å²) in [5.41, 5.74) is 8.78. The minimum Gasteiger partial charge on any atom is -0.384 e. The number of aromatic nitrogens is 2. The molecule has 1 fully saturated rings. The summed E-state index contributed by atoms with van der Waals surface area (Å²) in [7, 11) is 0. The van der Waals surface area contributed by atoms with Gasteiger partial charge in [-0.25, -0.2) is 0 Å². The van der Waals surface area contributed by atoms with Gasteiger partial charge < -0.3 is 30.7 Å². The number of amides is 2. The van der Waals surface area contributed by atoms with Crippen molar-refractivity contribution in [3.05, 3.63) is 88.0 Å². The Morgan fingerprint density at radius 2 is 1.94 bits per heavy atom. The summed E-state index contributed by atoms with van der Waals surface area (Å²) >= 11 is 6.09. The highest BCUT2D eigenvalue weighted by Crippen LogP contribution is 2.26. The van der Waals surface area contributed by atoms with Gasteiger partial charge in [-0.05, 0) is 59.9 Å². The van der Waals surface area contributed by atoms with Crippen LogP contribution in [0.2, 0.25) is 5.02 Å². The molecule has 0 saturated carbocycles. The number of carbonyl (C=O) groups excluding carboxylic acids is 2. The van der Waals surface area contributed by atoms with Gasteiger partial charge in [-0.2, -0.15) is 0 Å². The number of pyridine rings is 1. The highest BCUT2D eigenvalue weighted by Gasteiger charge is 2.36. The number of hydrogen-bond donors (Lipinski definition) is 4. The van der Waals surface area contributed by atoms with E-state index < -0.39 is 18.9 Å². The van der Waals surface area contributed by atoms with Gasteiger partial charge in [0.25, 0.3) is 5.91 Å². The number of rotatable bonds is 8. The molecule has 1 aromatic carbocycles. The number of hydrogen-bond acceptors (Lipinski definition) is 6. The van der Waals surface area contributed by atoms with Crippen LogP contribution in [0.1, 0.15) is 51.7 Å². The lowest BCUT2D eigenvalue weighted by atomic mass is 10.1. The van der Waals surface area contributed by atoms with Gasteiger partial charge >= 0.3 is 0 Å². The van der Waals surface area contributed by atoms with Crippen molar-refractivity contribution in [2.24, 2.45) is 5.73 Å². The van der Waals surface area contributed by atoms with Crippen molar-refractivity contribution in [3.63, 3.8) is 0 Å². The van der Waals surface area contributed by atoms with Gasteiger partial charge in [-0.3, -0.25) is 14.6 Å². The molecular formula is C25H28ClN5O4. The summed E-state index contributed by atoms with van der Waals surface area (Å²) in [6.45, 7) is 0.550. The third kappa shape index (κ3) is 5.38. The number of aliphatic hydroxyl groups excluding tert-OH is 2. The van der Waals surface area contributed by atoms with E-state index in [-0.39, 0.29) is 24.1 Å². The molecule has 0 bridgehead atoms. The Labute approximate surface area is 208 Å². The van der Waals surface area contributed by atoms with Crippen LogP contribution < -0.4 is 11.1 Å². The van der Waals surface area contributed by atoms with Crippen molar-refractivity contribution in [3.8, 4) is 0 Å². The fourth-order valence-electron chi connectivity index (χ4n) is 4.40. The monoisotopic (exact) mass is 497 g/mol. The average Bonchev–Trinajstić information content (AvgIpc) is 3.55. The minimum atomic E-state index is -0.982. The molecule has 1 unspecified atom stereocenters. The molecule has 0 aliphatic carbocycles. The third-order valence-electron chi connectivity index (χ3n) is 6.28. The lowest BCUT2D eigenvalue weighted by Gasteiger charge is -2.24. The summed E-state index contributed by atoms with van der Waals surface area (Å²) in [6, 6.07) is 9.62. The van der Waals surface area contributed by atoms with E-state index in [1.165, 1.54) is 15.7 Å². The van der Waals surface area contributed by atoms with Crippen molar-refractivity contribution < 1.29 is 19.8 Å². The number of nitrogens with zero attached hydrogens (tertiary/aromatic N) is 3. The Kier molecular flexibility index (Phi) is 7.82. The number of carbonyl (C=O) groups is 2. The van der Waals surface area contributed by atoms with E-state index in [1.54, 1.807) is 42.7 Å². The fraction of sp³-hybridized carbons (Fsp3) is 0.320. The van der Waals surface area contributed by atoms with Crippen LogP contribution in [0, 0.1) is 0 Å². The smallest absolute Gasteiger partial charge is 0.271 e. The van der Waals surface area contributed by atoms with E-state index in [9.17, 15) is 19.8 Å². The largest absolute Gasteiger partial charge is 0.384 e.